The first-order chi connectivity index (χ1) is 10.8. The van der Waals surface area contributed by atoms with Crippen LogP contribution in [0.5, 0.6) is 5.75 Å². The van der Waals surface area contributed by atoms with E-state index in [1.54, 1.807) is 17.0 Å². The lowest BCUT2D eigenvalue weighted by Gasteiger charge is -2.16. The molecule has 1 aliphatic rings. The summed E-state index contributed by atoms with van der Waals surface area (Å²) in [5.74, 6) is 0.499. The van der Waals surface area contributed by atoms with Gasteiger partial charge >= 0.3 is 0 Å². The molecule has 0 radical (unpaired) electrons. The average molecular weight is 340 g/mol. The maximum absolute atomic E-state index is 12.5. The van der Waals surface area contributed by atoms with Crippen LogP contribution in [0, 0.1) is 13.8 Å². The number of aryl methyl sites for hydroxylation is 2. The third-order valence-corrected chi connectivity index (χ3v) is 5.62. The second kappa shape index (κ2) is 7.31. The minimum atomic E-state index is -3.63. The van der Waals surface area contributed by atoms with Crippen molar-refractivity contribution in [2.45, 2.75) is 38.0 Å². The van der Waals surface area contributed by atoms with Crippen molar-refractivity contribution in [1.82, 2.24) is 9.62 Å². The zero-order valence-corrected chi connectivity index (χ0v) is 14.7. The molecule has 1 aliphatic heterocycles. The van der Waals surface area contributed by atoms with E-state index in [9.17, 15) is 13.2 Å². The zero-order valence-electron chi connectivity index (χ0n) is 13.9. The number of hydrogen-bond acceptors (Lipinski definition) is 4. The summed E-state index contributed by atoms with van der Waals surface area (Å²) in [6.45, 7) is 5.44. The average Bonchev–Trinajstić information content (AvgIpc) is 2.91. The van der Waals surface area contributed by atoms with Crippen LogP contribution in [0.15, 0.2) is 17.0 Å². The number of likely N-dealkylation sites (tertiary alicyclic amines) is 1. The van der Waals surface area contributed by atoms with Gasteiger partial charge in [-0.15, -0.1) is 0 Å². The second-order valence-electron chi connectivity index (χ2n) is 5.82. The fraction of sp³-hybridized carbons (Fsp3) is 0.562. The molecule has 2 rings (SSSR count). The van der Waals surface area contributed by atoms with Crippen molar-refractivity contribution in [3.05, 3.63) is 23.3 Å². The quantitative estimate of drug-likeness (QED) is 0.765. The molecule has 0 atom stereocenters. The first-order valence-corrected chi connectivity index (χ1v) is 9.26. The fourth-order valence-electron chi connectivity index (χ4n) is 2.63. The van der Waals surface area contributed by atoms with E-state index in [4.69, 9.17) is 4.74 Å². The van der Waals surface area contributed by atoms with Crippen LogP contribution in [-0.2, 0) is 14.8 Å². The number of hydrogen-bond donors (Lipinski definition) is 1. The molecule has 1 N–H and O–H groups in total. The Morgan fingerprint density at radius 2 is 1.96 bits per heavy atom. The standard InChI is InChI=1S/C16H24N2O4S/c1-12-10-14(22-3)15(11-13(12)2)23(20,21)17-7-5-9-18-8-4-6-16(18)19/h10-11,17H,4-9H2,1-3H3. The molecule has 0 unspecified atom stereocenters. The number of nitrogens with one attached hydrogen (secondary N) is 1. The van der Waals surface area contributed by atoms with E-state index in [0.717, 1.165) is 24.1 Å². The molecule has 1 aromatic rings. The predicted molar refractivity (Wildman–Crippen MR) is 88.1 cm³/mol. The minimum absolute atomic E-state index is 0.153. The molecule has 7 heteroatoms. The van der Waals surface area contributed by atoms with Gasteiger partial charge < -0.3 is 9.64 Å². The molecule has 1 amide bonds. The molecule has 0 aromatic heterocycles. The van der Waals surface area contributed by atoms with Crippen molar-refractivity contribution in [2.75, 3.05) is 26.7 Å². The van der Waals surface area contributed by atoms with E-state index in [2.05, 4.69) is 4.72 Å². The smallest absolute Gasteiger partial charge is 0.244 e. The number of methoxy groups -OCH3 is 1. The van der Waals surface area contributed by atoms with E-state index in [-0.39, 0.29) is 10.8 Å². The number of benzene rings is 1. The molecule has 0 aliphatic carbocycles. The molecule has 1 heterocycles. The number of ether oxygens (including phenoxy) is 1. The van der Waals surface area contributed by atoms with Crippen LogP contribution < -0.4 is 9.46 Å². The Morgan fingerprint density at radius 3 is 2.57 bits per heavy atom. The second-order valence-corrected chi connectivity index (χ2v) is 7.56. The summed E-state index contributed by atoms with van der Waals surface area (Å²) >= 11 is 0. The van der Waals surface area contributed by atoms with Gasteiger partial charge in [-0.3, -0.25) is 4.79 Å². The van der Waals surface area contributed by atoms with Gasteiger partial charge in [0.25, 0.3) is 0 Å². The highest BCUT2D eigenvalue weighted by Gasteiger charge is 2.22. The monoisotopic (exact) mass is 340 g/mol. The minimum Gasteiger partial charge on any atom is -0.495 e. The Bertz CT molecular complexity index is 686. The van der Waals surface area contributed by atoms with Crippen molar-refractivity contribution >= 4 is 15.9 Å². The number of amides is 1. The summed E-state index contributed by atoms with van der Waals surface area (Å²) in [6, 6.07) is 3.35. The first-order valence-electron chi connectivity index (χ1n) is 7.78. The van der Waals surface area contributed by atoms with Crippen molar-refractivity contribution in [3.63, 3.8) is 0 Å². The van der Waals surface area contributed by atoms with Gasteiger partial charge in [0.05, 0.1) is 7.11 Å². The van der Waals surface area contributed by atoms with Gasteiger partial charge in [0.15, 0.2) is 0 Å². The molecule has 0 saturated carbocycles. The topological polar surface area (TPSA) is 75.7 Å². The van der Waals surface area contributed by atoms with E-state index >= 15 is 0 Å². The van der Waals surface area contributed by atoms with Crippen LogP contribution in [0.25, 0.3) is 0 Å². The third-order valence-electron chi connectivity index (χ3n) is 4.14. The molecule has 1 fully saturated rings. The first kappa shape index (κ1) is 17.7. The number of rotatable bonds is 7. The summed E-state index contributed by atoms with van der Waals surface area (Å²) in [5, 5.41) is 0. The molecule has 1 saturated heterocycles. The fourth-order valence-corrected chi connectivity index (χ4v) is 3.94. The van der Waals surface area contributed by atoms with Crippen LogP contribution in [0.2, 0.25) is 0 Å². The highest BCUT2D eigenvalue weighted by atomic mass is 32.2. The van der Waals surface area contributed by atoms with Gasteiger partial charge in [-0.05, 0) is 49.9 Å². The van der Waals surface area contributed by atoms with Gasteiger partial charge in [0.1, 0.15) is 10.6 Å². The maximum Gasteiger partial charge on any atom is 0.244 e. The summed E-state index contributed by atoms with van der Waals surface area (Å²) in [7, 11) is -2.17. The summed E-state index contributed by atoms with van der Waals surface area (Å²) in [6.07, 6.45) is 2.09. The van der Waals surface area contributed by atoms with Crippen molar-refractivity contribution in [1.29, 1.82) is 0 Å². The molecular formula is C16H24N2O4S. The number of carbonyl (C=O) groups excluding carboxylic acids is 1. The van der Waals surface area contributed by atoms with Gasteiger partial charge in [-0.1, -0.05) is 0 Å². The molecule has 0 bridgehead atoms. The van der Waals surface area contributed by atoms with Gasteiger partial charge in [-0.2, -0.15) is 0 Å². The van der Waals surface area contributed by atoms with E-state index in [1.807, 2.05) is 13.8 Å². The Labute approximate surface area is 137 Å². The van der Waals surface area contributed by atoms with E-state index in [0.29, 0.717) is 31.7 Å². The molecule has 1 aromatic carbocycles. The third kappa shape index (κ3) is 4.23. The molecular weight excluding hydrogens is 316 g/mol. The van der Waals surface area contributed by atoms with Crippen molar-refractivity contribution in [2.24, 2.45) is 0 Å². The van der Waals surface area contributed by atoms with E-state index < -0.39 is 10.0 Å². The lowest BCUT2D eigenvalue weighted by Crippen LogP contribution is -2.30. The predicted octanol–water partition coefficient (Wildman–Crippen LogP) is 1.60. The lowest BCUT2D eigenvalue weighted by molar-refractivity contribution is -0.127. The van der Waals surface area contributed by atoms with Crippen LogP contribution in [0.3, 0.4) is 0 Å². The van der Waals surface area contributed by atoms with Crippen LogP contribution in [0.1, 0.15) is 30.4 Å². The highest BCUT2D eigenvalue weighted by molar-refractivity contribution is 7.89. The van der Waals surface area contributed by atoms with E-state index in [1.165, 1.54) is 7.11 Å². The summed E-state index contributed by atoms with van der Waals surface area (Å²) in [4.78, 5) is 13.4. The highest BCUT2D eigenvalue weighted by Crippen LogP contribution is 2.27. The van der Waals surface area contributed by atoms with Crippen LogP contribution in [-0.4, -0.2) is 46.0 Å². The summed E-state index contributed by atoms with van der Waals surface area (Å²) < 4.78 is 32.7. The Balaban J connectivity index is 1.99. The lowest BCUT2D eigenvalue weighted by atomic mass is 10.1. The SMILES string of the molecule is COc1cc(C)c(C)cc1S(=O)(=O)NCCCN1CCCC1=O. The van der Waals surface area contributed by atoms with Crippen molar-refractivity contribution < 1.29 is 17.9 Å². The molecule has 6 nitrogen and oxygen atoms in total. The Morgan fingerprint density at radius 1 is 1.26 bits per heavy atom. The number of carbonyl (C=O) groups is 1. The Hall–Kier alpha value is -1.60. The largest absolute Gasteiger partial charge is 0.495 e. The van der Waals surface area contributed by atoms with Crippen molar-refractivity contribution in [3.8, 4) is 5.75 Å². The summed E-state index contributed by atoms with van der Waals surface area (Å²) in [5.41, 5.74) is 1.88. The normalized spacial score (nSPS) is 15.3. The molecule has 23 heavy (non-hydrogen) atoms. The maximum atomic E-state index is 12.5. The van der Waals surface area contributed by atoms with Gasteiger partial charge in [0.2, 0.25) is 15.9 Å². The number of nitrogens with zero attached hydrogens (tertiary/aromatic N) is 1. The molecule has 0 spiro atoms. The molecule has 128 valence electrons. The van der Waals surface area contributed by atoms with Crippen LogP contribution in [0.4, 0.5) is 0 Å². The number of sulfonamides is 1. The van der Waals surface area contributed by atoms with Gasteiger partial charge in [-0.25, -0.2) is 13.1 Å². The zero-order chi connectivity index (χ0) is 17.0. The Kier molecular flexibility index (Phi) is 5.64. The van der Waals surface area contributed by atoms with Crippen LogP contribution >= 0.6 is 0 Å². The van der Waals surface area contributed by atoms with Gasteiger partial charge in [0, 0.05) is 26.1 Å².